The molecule has 0 aliphatic rings. The van der Waals surface area contributed by atoms with E-state index in [2.05, 4.69) is 0 Å². The quantitative estimate of drug-likeness (QED) is 0.543. The number of hydrogen-bond donors (Lipinski definition) is 1. The van der Waals surface area contributed by atoms with Crippen molar-refractivity contribution in [3.8, 4) is 16.9 Å². The van der Waals surface area contributed by atoms with Gasteiger partial charge < -0.3 is 14.4 Å². The van der Waals surface area contributed by atoms with Gasteiger partial charge in [-0.1, -0.05) is 54.6 Å². The van der Waals surface area contributed by atoms with E-state index in [1.54, 1.807) is 13.2 Å². The molecule has 1 heterocycles. The summed E-state index contributed by atoms with van der Waals surface area (Å²) in [5.41, 5.74) is 4.22. The summed E-state index contributed by atoms with van der Waals surface area (Å²) in [6, 6.07) is 25.4. The van der Waals surface area contributed by atoms with Crippen molar-refractivity contribution in [3.63, 3.8) is 0 Å². The Morgan fingerprint density at radius 2 is 1.70 bits per heavy atom. The van der Waals surface area contributed by atoms with Gasteiger partial charge in [-0.25, -0.2) is 4.79 Å². The Hall–Kier alpha value is -3.53. The maximum atomic E-state index is 11.8. The van der Waals surface area contributed by atoms with E-state index in [4.69, 9.17) is 4.74 Å². The maximum Gasteiger partial charge on any atom is 0.352 e. The number of nitrogens with zero attached hydrogens (tertiary/aromatic N) is 1. The molecular formula is C23H19NO3. The molecule has 0 atom stereocenters. The first-order chi connectivity index (χ1) is 13.2. The summed E-state index contributed by atoms with van der Waals surface area (Å²) >= 11 is 0. The lowest BCUT2D eigenvalue weighted by atomic mass is 10.0. The molecule has 0 unspecified atom stereocenters. The van der Waals surface area contributed by atoms with Gasteiger partial charge in [-0.2, -0.15) is 0 Å². The van der Waals surface area contributed by atoms with Crippen molar-refractivity contribution in [1.82, 2.24) is 4.57 Å². The summed E-state index contributed by atoms with van der Waals surface area (Å²) in [7, 11) is 1.65. The number of para-hydroxylation sites is 1. The fourth-order valence-corrected chi connectivity index (χ4v) is 3.44. The fourth-order valence-electron chi connectivity index (χ4n) is 3.44. The summed E-state index contributed by atoms with van der Waals surface area (Å²) < 4.78 is 7.30. The molecule has 0 spiro atoms. The van der Waals surface area contributed by atoms with Crippen molar-refractivity contribution in [1.29, 1.82) is 0 Å². The maximum absolute atomic E-state index is 11.8. The summed E-state index contributed by atoms with van der Waals surface area (Å²) in [5.74, 6) is -0.139. The van der Waals surface area contributed by atoms with Gasteiger partial charge in [-0.3, -0.25) is 0 Å². The summed E-state index contributed by atoms with van der Waals surface area (Å²) in [6.45, 7) is 0.514. The van der Waals surface area contributed by atoms with Crippen molar-refractivity contribution in [2.75, 3.05) is 7.11 Å². The van der Waals surface area contributed by atoms with Crippen LogP contribution in [0.25, 0.3) is 22.0 Å². The van der Waals surface area contributed by atoms with E-state index in [1.807, 2.05) is 77.4 Å². The Kier molecular flexibility index (Phi) is 4.38. The number of carbonyl (C=O) groups is 1. The third kappa shape index (κ3) is 3.17. The number of carboxylic acid groups (broad SMARTS) is 1. The standard InChI is InChI=1S/C23H19NO3/c1-27-22-10-6-5-9-19(22)17-11-12-20-18(13-17)14-21(23(25)26)24(20)15-16-7-3-2-4-8-16/h2-14H,15H2,1H3,(H,25,26). The topological polar surface area (TPSA) is 51.5 Å². The lowest BCUT2D eigenvalue weighted by Gasteiger charge is -2.10. The van der Waals surface area contributed by atoms with Crippen LogP contribution in [0.15, 0.2) is 78.9 Å². The van der Waals surface area contributed by atoms with E-state index in [1.165, 1.54) is 0 Å². The third-order valence-electron chi connectivity index (χ3n) is 4.72. The molecule has 4 rings (SSSR count). The number of rotatable bonds is 5. The monoisotopic (exact) mass is 357 g/mol. The SMILES string of the molecule is COc1ccccc1-c1ccc2c(c1)cc(C(=O)O)n2Cc1ccccc1. The van der Waals surface area contributed by atoms with Crippen LogP contribution in [0.5, 0.6) is 5.75 Å². The van der Waals surface area contributed by atoms with Crippen LogP contribution < -0.4 is 4.74 Å². The van der Waals surface area contributed by atoms with Crippen LogP contribution >= 0.6 is 0 Å². The normalized spacial score (nSPS) is 10.9. The summed E-state index contributed by atoms with van der Waals surface area (Å²) in [4.78, 5) is 11.8. The molecule has 4 nitrogen and oxygen atoms in total. The Balaban J connectivity index is 1.85. The van der Waals surface area contributed by atoms with Gasteiger partial charge in [0.2, 0.25) is 0 Å². The highest BCUT2D eigenvalue weighted by atomic mass is 16.5. The number of ether oxygens (including phenoxy) is 1. The number of aromatic nitrogens is 1. The molecule has 0 saturated heterocycles. The molecule has 4 heteroatoms. The van der Waals surface area contributed by atoms with E-state index in [0.29, 0.717) is 6.54 Å². The number of hydrogen-bond acceptors (Lipinski definition) is 2. The first-order valence-electron chi connectivity index (χ1n) is 8.71. The second kappa shape index (κ2) is 7.00. The molecule has 3 aromatic carbocycles. The van der Waals surface area contributed by atoms with Gasteiger partial charge in [0, 0.05) is 23.0 Å². The van der Waals surface area contributed by atoms with Gasteiger partial charge in [0.05, 0.1) is 7.11 Å². The van der Waals surface area contributed by atoms with E-state index in [9.17, 15) is 9.90 Å². The van der Waals surface area contributed by atoms with Crippen molar-refractivity contribution in [2.24, 2.45) is 0 Å². The van der Waals surface area contributed by atoms with Crippen LogP contribution in [-0.2, 0) is 6.54 Å². The zero-order valence-corrected chi connectivity index (χ0v) is 14.9. The Bertz CT molecular complexity index is 1110. The molecule has 0 fully saturated rings. The molecule has 0 amide bonds. The third-order valence-corrected chi connectivity index (χ3v) is 4.72. The minimum absolute atomic E-state index is 0.283. The van der Waals surface area contributed by atoms with Gasteiger partial charge >= 0.3 is 5.97 Å². The molecule has 0 saturated carbocycles. The number of carboxylic acids is 1. The zero-order chi connectivity index (χ0) is 18.8. The van der Waals surface area contributed by atoms with E-state index >= 15 is 0 Å². The first-order valence-corrected chi connectivity index (χ1v) is 8.71. The highest BCUT2D eigenvalue weighted by Gasteiger charge is 2.16. The highest BCUT2D eigenvalue weighted by molar-refractivity contribution is 5.96. The van der Waals surface area contributed by atoms with Crippen LogP contribution in [0.4, 0.5) is 0 Å². The van der Waals surface area contributed by atoms with Crippen molar-refractivity contribution in [2.45, 2.75) is 6.54 Å². The Morgan fingerprint density at radius 1 is 0.963 bits per heavy atom. The first kappa shape index (κ1) is 16.9. The number of methoxy groups -OCH3 is 1. The molecule has 4 aromatic rings. The average molecular weight is 357 g/mol. The number of benzene rings is 3. The molecule has 0 radical (unpaired) electrons. The van der Waals surface area contributed by atoms with Crippen LogP contribution in [0.2, 0.25) is 0 Å². The molecule has 1 aromatic heterocycles. The summed E-state index contributed by atoms with van der Waals surface area (Å²) in [6.07, 6.45) is 0. The molecule has 0 bridgehead atoms. The van der Waals surface area contributed by atoms with Gasteiger partial charge in [0.15, 0.2) is 0 Å². The van der Waals surface area contributed by atoms with Crippen LogP contribution in [0, 0.1) is 0 Å². The van der Waals surface area contributed by atoms with Gasteiger partial charge in [0.25, 0.3) is 0 Å². The average Bonchev–Trinajstić information content (AvgIpc) is 3.06. The smallest absolute Gasteiger partial charge is 0.352 e. The van der Waals surface area contributed by atoms with Gasteiger partial charge in [-0.15, -0.1) is 0 Å². The fraction of sp³-hybridized carbons (Fsp3) is 0.0870. The highest BCUT2D eigenvalue weighted by Crippen LogP contribution is 2.33. The van der Waals surface area contributed by atoms with Gasteiger partial charge in [-0.05, 0) is 35.4 Å². The Labute approximate surface area is 157 Å². The van der Waals surface area contributed by atoms with E-state index in [0.717, 1.165) is 33.3 Å². The van der Waals surface area contributed by atoms with E-state index in [-0.39, 0.29) is 5.69 Å². The zero-order valence-electron chi connectivity index (χ0n) is 14.9. The molecule has 27 heavy (non-hydrogen) atoms. The van der Waals surface area contributed by atoms with Gasteiger partial charge in [0.1, 0.15) is 11.4 Å². The van der Waals surface area contributed by atoms with Crippen LogP contribution in [0.3, 0.4) is 0 Å². The largest absolute Gasteiger partial charge is 0.496 e. The molecule has 0 aliphatic carbocycles. The Morgan fingerprint density at radius 3 is 2.44 bits per heavy atom. The molecule has 134 valence electrons. The molecule has 0 aliphatic heterocycles. The van der Waals surface area contributed by atoms with Crippen LogP contribution in [-0.4, -0.2) is 22.8 Å². The number of fused-ring (bicyclic) bond motifs is 1. The minimum atomic E-state index is -0.930. The molecule has 1 N–H and O–H groups in total. The number of aromatic carboxylic acids is 1. The van der Waals surface area contributed by atoms with Crippen molar-refractivity contribution in [3.05, 3.63) is 90.1 Å². The van der Waals surface area contributed by atoms with Crippen molar-refractivity contribution < 1.29 is 14.6 Å². The predicted molar refractivity (Wildman–Crippen MR) is 106 cm³/mol. The second-order valence-corrected chi connectivity index (χ2v) is 6.38. The lowest BCUT2D eigenvalue weighted by Crippen LogP contribution is -2.09. The van der Waals surface area contributed by atoms with Crippen molar-refractivity contribution >= 4 is 16.9 Å². The second-order valence-electron chi connectivity index (χ2n) is 6.38. The lowest BCUT2D eigenvalue weighted by molar-refractivity contribution is 0.0686. The predicted octanol–water partition coefficient (Wildman–Crippen LogP) is 5.06. The minimum Gasteiger partial charge on any atom is -0.496 e. The summed E-state index contributed by atoms with van der Waals surface area (Å²) in [5, 5.41) is 10.6. The van der Waals surface area contributed by atoms with E-state index < -0.39 is 5.97 Å². The van der Waals surface area contributed by atoms with Crippen LogP contribution in [0.1, 0.15) is 16.1 Å². The molecular weight excluding hydrogens is 338 g/mol.